The maximum Gasteiger partial charge on any atom is 0.212 e. The summed E-state index contributed by atoms with van der Waals surface area (Å²) in [5.41, 5.74) is 3.57. The molecular formula is C16H17NO2. The van der Waals surface area contributed by atoms with Crippen LogP contribution in [-0.2, 0) is 11.2 Å². The number of carbonyl (C=O) groups is 1. The van der Waals surface area contributed by atoms with Crippen molar-refractivity contribution in [2.24, 2.45) is 0 Å². The number of benzene rings is 1. The van der Waals surface area contributed by atoms with E-state index in [4.69, 9.17) is 4.74 Å². The summed E-state index contributed by atoms with van der Waals surface area (Å²) in [6.07, 6.45) is 0.194. The molecular weight excluding hydrogens is 238 g/mol. The average Bonchev–Trinajstić information content (AvgIpc) is 2.73. The first kappa shape index (κ1) is 12.2. The van der Waals surface area contributed by atoms with Gasteiger partial charge in [-0.3, -0.25) is 4.79 Å². The third kappa shape index (κ3) is 1.90. The molecule has 0 bridgehead atoms. The van der Waals surface area contributed by atoms with Gasteiger partial charge in [0.2, 0.25) is 5.78 Å². The van der Waals surface area contributed by atoms with Gasteiger partial charge in [-0.15, -0.1) is 0 Å². The number of carbonyl (C=O) groups excluding carboxylic acids is 1. The van der Waals surface area contributed by atoms with E-state index in [-0.39, 0.29) is 11.9 Å². The van der Waals surface area contributed by atoms with Crippen LogP contribution >= 0.6 is 0 Å². The summed E-state index contributed by atoms with van der Waals surface area (Å²) in [5, 5.41) is 1.11. The molecule has 1 aliphatic rings. The molecule has 0 saturated heterocycles. The quantitative estimate of drug-likeness (QED) is 0.837. The van der Waals surface area contributed by atoms with Crippen molar-refractivity contribution in [3.63, 3.8) is 0 Å². The van der Waals surface area contributed by atoms with E-state index in [1.54, 1.807) is 0 Å². The van der Waals surface area contributed by atoms with Crippen molar-refractivity contribution < 1.29 is 9.53 Å². The van der Waals surface area contributed by atoms with Crippen molar-refractivity contribution in [2.45, 2.75) is 32.5 Å². The van der Waals surface area contributed by atoms with Crippen molar-refractivity contribution in [1.29, 1.82) is 0 Å². The Bertz CT molecular complexity index is 666. The van der Waals surface area contributed by atoms with Gasteiger partial charge < -0.3 is 9.72 Å². The van der Waals surface area contributed by atoms with E-state index in [1.807, 2.05) is 38.1 Å². The molecule has 1 aromatic carbocycles. The number of ketones is 1. The lowest BCUT2D eigenvalue weighted by Gasteiger charge is -2.25. The number of rotatable bonds is 2. The van der Waals surface area contributed by atoms with Gasteiger partial charge in [-0.25, -0.2) is 0 Å². The number of hydrogen-bond acceptors (Lipinski definition) is 2. The van der Waals surface area contributed by atoms with Gasteiger partial charge in [0.15, 0.2) is 0 Å². The Hall–Kier alpha value is -1.87. The maximum absolute atomic E-state index is 12.5. The second-order valence-corrected chi connectivity index (χ2v) is 5.29. The first-order valence-electron chi connectivity index (χ1n) is 6.55. The minimum absolute atomic E-state index is 0.00356. The number of Topliss-reactive ketones (excluding diaryl/α,β-unsaturated/α-hetero) is 1. The van der Waals surface area contributed by atoms with Gasteiger partial charge in [0, 0.05) is 10.9 Å². The minimum Gasteiger partial charge on any atom is -0.363 e. The van der Waals surface area contributed by atoms with E-state index in [2.05, 4.69) is 11.6 Å². The first-order chi connectivity index (χ1) is 9.08. The van der Waals surface area contributed by atoms with E-state index in [0.29, 0.717) is 12.1 Å². The van der Waals surface area contributed by atoms with Crippen LogP contribution < -0.4 is 0 Å². The molecule has 0 fully saturated rings. The number of aromatic nitrogens is 1. The number of H-pyrrole nitrogens is 1. The molecule has 1 N–H and O–H groups in total. The van der Waals surface area contributed by atoms with Crippen molar-refractivity contribution in [1.82, 2.24) is 4.98 Å². The molecule has 1 aromatic heterocycles. The summed E-state index contributed by atoms with van der Waals surface area (Å²) in [5.74, 6) is -0.00356. The lowest BCUT2D eigenvalue weighted by molar-refractivity contribution is 0.0247. The van der Waals surface area contributed by atoms with Crippen LogP contribution in [0.1, 0.15) is 29.9 Å². The van der Waals surface area contributed by atoms with Crippen LogP contribution in [-0.4, -0.2) is 23.0 Å². The van der Waals surface area contributed by atoms with Crippen molar-refractivity contribution in [2.75, 3.05) is 0 Å². The molecule has 0 amide bonds. The minimum atomic E-state index is -0.513. The summed E-state index contributed by atoms with van der Waals surface area (Å²) in [6.45, 7) is 7.89. The van der Waals surface area contributed by atoms with Crippen LogP contribution in [0.15, 0.2) is 36.4 Å². The molecule has 0 saturated carbocycles. The zero-order valence-electron chi connectivity index (χ0n) is 11.2. The summed E-state index contributed by atoms with van der Waals surface area (Å²) in [6, 6.07) is 7.98. The van der Waals surface area contributed by atoms with Gasteiger partial charge >= 0.3 is 0 Å². The normalized spacial score (nSPS) is 19.2. The molecule has 1 heterocycles. The van der Waals surface area contributed by atoms with E-state index in [1.165, 1.54) is 0 Å². The smallest absolute Gasteiger partial charge is 0.212 e. The Morgan fingerprint density at radius 2 is 2.11 bits per heavy atom. The number of fused-ring (bicyclic) bond motifs is 3. The number of hydrogen-bond donors (Lipinski definition) is 1. The third-order valence-corrected chi connectivity index (χ3v) is 3.48. The van der Waals surface area contributed by atoms with E-state index in [0.717, 1.165) is 22.0 Å². The standard InChI is InChI=1S/C16H17NO2/c1-9(2)19-16-10(3)8-12-11-6-4-5-7-13(11)17-14(12)15(16)18/h4-7,9,16-17H,3,8H2,1-2H3. The Balaban J connectivity index is 2.10. The Labute approximate surface area is 112 Å². The Morgan fingerprint density at radius 3 is 2.84 bits per heavy atom. The lowest BCUT2D eigenvalue weighted by Crippen LogP contribution is -2.34. The van der Waals surface area contributed by atoms with Gasteiger partial charge in [0.05, 0.1) is 11.8 Å². The Kier molecular flexibility index (Phi) is 2.79. The molecule has 2 aromatic rings. The SMILES string of the molecule is C=C1Cc2c([nH]c3ccccc23)C(=O)C1OC(C)C. The fraction of sp³-hybridized carbons (Fsp3) is 0.312. The van der Waals surface area contributed by atoms with Gasteiger partial charge in [-0.2, -0.15) is 0 Å². The largest absolute Gasteiger partial charge is 0.363 e. The molecule has 1 aliphatic carbocycles. The molecule has 0 spiro atoms. The van der Waals surface area contributed by atoms with Gasteiger partial charge in [-0.05, 0) is 37.5 Å². The van der Waals surface area contributed by atoms with Gasteiger partial charge in [0.25, 0.3) is 0 Å². The monoisotopic (exact) mass is 255 g/mol. The lowest BCUT2D eigenvalue weighted by atomic mass is 9.88. The molecule has 1 unspecified atom stereocenters. The van der Waals surface area contributed by atoms with Crippen LogP contribution in [0.5, 0.6) is 0 Å². The predicted octanol–water partition coefficient (Wildman–Crippen LogP) is 3.26. The highest BCUT2D eigenvalue weighted by Crippen LogP contribution is 2.32. The molecule has 3 rings (SSSR count). The van der Waals surface area contributed by atoms with Crippen LogP contribution in [0.4, 0.5) is 0 Å². The number of ether oxygens (including phenoxy) is 1. The van der Waals surface area contributed by atoms with E-state index >= 15 is 0 Å². The highest BCUT2D eigenvalue weighted by atomic mass is 16.5. The predicted molar refractivity (Wildman–Crippen MR) is 75.5 cm³/mol. The molecule has 98 valence electrons. The van der Waals surface area contributed by atoms with Crippen LogP contribution in [0.3, 0.4) is 0 Å². The second-order valence-electron chi connectivity index (χ2n) is 5.29. The zero-order chi connectivity index (χ0) is 13.6. The highest BCUT2D eigenvalue weighted by molar-refractivity contribution is 6.07. The summed E-state index contributed by atoms with van der Waals surface area (Å²) >= 11 is 0. The molecule has 0 aliphatic heterocycles. The zero-order valence-corrected chi connectivity index (χ0v) is 11.2. The van der Waals surface area contributed by atoms with Crippen LogP contribution in [0.2, 0.25) is 0 Å². The van der Waals surface area contributed by atoms with Crippen molar-refractivity contribution in [3.8, 4) is 0 Å². The first-order valence-corrected chi connectivity index (χ1v) is 6.55. The number of nitrogens with one attached hydrogen (secondary N) is 1. The third-order valence-electron chi connectivity index (χ3n) is 3.48. The summed E-state index contributed by atoms with van der Waals surface area (Å²) < 4.78 is 5.70. The van der Waals surface area contributed by atoms with Crippen LogP contribution in [0.25, 0.3) is 10.9 Å². The van der Waals surface area contributed by atoms with Crippen molar-refractivity contribution >= 4 is 16.7 Å². The van der Waals surface area contributed by atoms with Crippen molar-refractivity contribution in [3.05, 3.63) is 47.7 Å². The topological polar surface area (TPSA) is 42.1 Å². The fourth-order valence-electron chi connectivity index (χ4n) is 2.66. The molecule has 19 heavy (non-hydrogen) atoms. The molecule has 1 atom stereocenters. The number of aromatic amines is 1. The van der Waals surface area contributed by atoms with Gasteiger partial charge in [-0.1, -0.05) is 24.8 Å². The summed E-state index contributed by atoms with van der Waals surface area (Å²) in [4.78, 5) is 15.7. The maximum atomic E-state index is 12.5. The molecule has 3 heteroatoms. The van der Waals surface area contributed by atoms with Gasteiger partial charge in [0.1, 0.15) is 6.10 Å². The number of para-hydroxylation sites is 1. The molecule has 0 radical (unpaired) electrons. The Morgan fingerprint density at radius 1 is 1.37 bits per heavy atom. The second kappa shape index (κ2) is 4.35. The van der Waals surface area contributed by atoms with E-state index < -0.39 is 6.10 Å². The average molecular weight is 255 g/mol. The molecule has 3 nitrogen and oxygen atoms in total. The highest BCUT2D eigenvalue weighted by Gasteiger charge is 2.34. The fourth-order valence-corrected chi connectivity index (χ4v) is 2.66. The van der Waals surface area contributed by atoms with E-state index in [9.17, 15) is 4.79 Å². The van der Waals surface area contributed by atoms with Crippen LogP contribution in [0, 0.1) is 0 Å². The summed E-state index contributed by atoms with van der Waals surface area (Å²) in [7, 11) is 0.